The molecule has 0 radical (unpaired) electrons. The summed E-state index contributed by atoms with van der Waals surface area (Å²) in [5.74, 6) is -0.200. The Labute approximate surface area is 185 Å². The fourth-order valence-corrected chi connectivity index (χ4v) is 4.08. The topological polar surface area (TPSA) is 81.8 Å². The number of likely N-dealkylation sites (N-methyl/N-ethyl adjacent to an activating group) is 1. The molecule has 2 amide bonds. The number of hydrogen-bond acceptors (Lipinski definition) is 5. The number of nitriles is 1. The van der Waals surface area contributed by atoms with Gasteiger partial charge in [-0.1, -0.05) is 0 Å². The highest BCUT2D eigenvalue weighted by Gasteiger charge is 2.24. The lowest BCUT2D eigenvalue weighted by atomic mass is 10.1. The molecular formula is C23H35N5O3. The average molecular weight is 430 g/mol. The second-order valence-electron chi connectivity index (χ2n) is 8.38. The van der Waals surface area contributed by atoms with Crippen LogP contribution in [0.3, 0.4) is 0 Å². The summed E-state index contributed by atoms with van der Waals surface area (Å²) in [5, 5.41) is 9.70. The van der Waals surface area contributed by atoms with Gasteiger partial charge in [-0.15, -0.1) is 0 Å². The van der Waals surface area contributed by atoms with Gasteiger partial charge in [0.15, 0.2) is 0 Å². The molecule has 1 aliphatic heterocycles. The van der Waals surface area contributed by atoms with Gasteiger partial charge in [-0.3, -0.25) is 14.5 Å². The minimum absolute atomic E-state index is 0.0513. The third-order valence-electron chi connectivity index (χ3n) is 5.76. The molecule has 1 aromatic heterocycles. The van der Waals surface area contributed by atoms with Gasteiger partial charge in [0.1, 0.15) is 11.6 Å². The van der Waals surface area contributed by atoms with E-state index in [0.717, 1.165) is 29.9 Å². The van der Waals surface area contributed by atoms with Crippen molar-refractivity contribution in [1.82, 2.24) is 19.3 Å². The molecule has 8 heteroatoms. The van der Waals surface area contributed by atoms with Crippen LogP contribution in [0.4, 0.5) is 0 Å². The molecule has 1 aromatic rings. The Morgan fingerprint density at radius 3 is 2.58 bits per heavy atom. The lowest BCUT2D eigenvalue weighted by molar-refractivity contribution is -0.129. The van der Waals surface area contributed by atoms with Gasteiger partial charge < -0.3 is 19.1 Å². The fraction of sp³-hybridized carbons (Fsp3) is 0.609. The van der Waals surface area contributed by atoms with Crippen LogP contribution in [0.15, 0.2) is 11.6 Å². The maximum atomic E-state index is 13.1. The minimum Gasteiger partial charge on any atom is -0.383 e. The van der Waals surface area contributed by atoms with Crippen LogP contribution in [0.1, 0.15) is 36.3 Å². The quantitative estimate of drug-likeness (QED) is 0.488. The van der Waals surface area contributed by atoms with Crippen LogP contribution >= 0.6 is 0 Å². The summed E-state index contributed by atoms with van der Waals surface area (Å²) in [7, 11) is 5.16. The highest BCUT2D eigenvalue weighted by Crippen LogP contribution is 2.23. The predicted octanol–water partition coefficient (Wildman–Crippen LogP) is 1.84. The first-order valence-corrected chi connectivity index (χ1v) is 10.7. The molecule has 1 atom stereocenters. The van der Waals surface area contributed by atoms with Crippen molar-refractivity contribution in [3.63, 3.8) is 0 Å². The first-order chi connectivity index (χ1) is 14.7. The van der Waals surface area contributed by atoms with E-state index in [1.807, 2.05) is 19.9 Å². The SMILES string of the molecule is COCC(C)n1c(C)cc(/C=C(\C#N)C(=O)N2CCCN(CC(=O)N(C)C)CC2)c1C. The van der Waals surface area contributed by atoms with E-state index >= 15 is 0 Å². The zero-order chi connectivity index (χ0) is 23.1. The summed E-state index contributed by atoms with van der Waals surface area (Å²) < 4.78 is 7.44. The number of hydrogen-bond donors (Lipinski definition) is 0. The fourth-order valence-electron chi connectivity index (χ4n) is 4.08. The number of amides is 2. The van der Waals surface area contributed by atoms with E-state index in [0.29, 0.717) is 32.8 Å². The number of rotatable bonds is 7. The molecule has 1 fully saturated rings. The number of aromatic nitrogens is 1. The van der Waals surface area contributed by atoms with Crippen LogP contribution < -0.4 is 0 Å². The molecule has 31 heavy (non-hydrogen) atoms. The smallest absolute Gasteiger partial charge is 0.264 e. The van der Waals surface area contributed by atoms with Gasteiger partial charge in [0, 0.05) is 58.8 Å². The van der Waals surface area contributed by atoms with Crippen molar-refractivity contribution >= 4 is 17.9 Å². The van der Waals surface area contributed by atoms with Crippen molar-refractivity contribution in [2.45, 2.75) is 33.2 Å². The summed E-state index contributed by atoms with van der Waals surface area (Å²) in [6.45, 7) is 9.49. The van der Waals surface area contributed by atoms with Gasteiger partial charge in [0.25, 0.3) is 5.91 Å². The molecule has 1 saturated heterocycles. The first kappa shape index (κ1) is 24.6. The number of ether oxygens (including phenoxy) is 1. The van der Waals surface area contributed by atoms with Gasteiger partial charge in [0.05, 0.1) is 19.2 Å². The number of carbonyl (C=O) groups excluding carboxylic acids is 2. The molecular weight excluding hydrogens is 394 g/mol. The third-order valence-corrected chi connectivity index (χ3v) is 5.76. The van der Waals surface area contributed by atoms with Gasteiger partial charge in [-0.05, 0) is 44.9 Å². The Hall–Kier alpha value is -2.63. The normalized spacial score (nSPS) is 16.5. The standard InChI is InChI=1S/C23H35N5O3/c1-17-12-20(19(3)28(17)18(2)16-31-6)13-21(14-24)23(30)27-9-7-8-26(10-11-27)15-22(29)25(4)5/h12-13,18H,7-11,15-16H2,1-6H3/b21-13+. The van der Waals surface area contributed by atoms with Crippen LogP contribution in [-0.2, 0) is 14.3 Å². The molecule has 0 saturated carbocycles. The van der Waals surface area contributed by atoms with E-state index in [-0.39, 0.29) is 23.4 Å². The summed E-state index contributed by atoms with van der Waals surface area (Å²) >= 11 is 0. The highest BCUT2D eigenvalue weighted by molar-refractivity contribution is 6.01. The van der Waals surface area contributed by atoms with E-state index in [1.165, 1.54) is 0 Å². The molecule has 0 spiro atoms. The Morgan fingerprint density at radius 1 is 1.26 bits per heavy atom. The second-order valence-corrected chi connectivity index (χ2v) is 8.38. The van der Waals surface area contributed by atoms with Crippen molar-refractivity contribution < 1.29 is 14.3 Å². The van der Waals surface area contributed by atoms with Gasteiger partial charge in [0.2, 0.25) is 5.91 Å². The molecule has 2 rings (SSSR count). The van der Waals surface area contributed by atoms with Gasteiger partial charge in [-0.2, -0.15) is 5.26 Å². The molecule has 0 aliphatic carbocycles. The highest BCUT2D eigenvalue weighted by atomic mass is 16.5. The van der Waals surface area contributed by atoms with Crippen molar-refractivity contribution in [2.24, 2.45) is 0 Å². The Morgan fingerprint density at radius 2 is 1.97 bits per heavy atom. The first-order valence-electron chi connectivity index (χ1n) is 10.7. The van der Waals surface area contributed by atoms with Crippen LogP contribution in [0, 0.1) is 25.2 Å². The average Bonchev–Trinajstić information content (AvgIpc) is 2.86. The van der Waals surface area contributed by atoms with Crippen LogP contribution in [0.5, 0.6) is 0 Å². The van der Waals surface area contributed by atoms with E-state index in [9.17, 15) is 14.9 Å². The summed E-state index contributed by atoms with van der Waals surface area (Å²) in [5.41, 5.74) is 3.08. The molecule has 170 valence electrons. The second kappa shape index (κ2) is 11.1. The summed E-state index contributed by atoms with van der Waals surface area (Å²) in [4.78, 5) is 30.4. The summed E-state index contributed by atoms with van der Waals surface area (Å²) in [6, 6.07) is 4.26. The molecule has 2 heterocycles. The molecule has 0 N–H and O–H groups in total. The number of methoxy groups -OCH3 is 1. The van der Waals surface area contributed by atoms with Gasteiger partial charge in [-0.25, -0.2) is 0 Å². The predicted molar refractivity (Wildman–Crippen MR) is 120 cm³/mol. The minimum atomic E-state index is -0.252. The maximum absolute atomic E-state index is 13.1. The number of carbonyl (C=O) groups is 2. The molecule has 1 unspecified atom stereocenters. The lowest BCUT2D eigenvalue weighted by Crippen LogP contribution is -2.39. The van der Waals surface area contributed by atoms with Crippen molar-refractivity contribution in [1.29, 1.82) is 5.26 Å². The Kier molecular flexibility index (Phi) is 8.84. The van der Waals surface area contributed by atoms with E-state index in [2.05, 4.69) is 22.5 Å². The molecule has 8 nitrogen and oxygen atoms in total. The van der Waals surface area contributed by atoms with Crippen molar-refractivity contribution in [3.8, 4) is 6.07 Å². The molecule has 0 bridgehead atoms. The van der Waals surface area contributed by atoms with E-state index < -0.39 is 0 Å². The number of nitrogens with zero attached hydrogens (tertiary/aromatic N) is 5. The van der Waals surface area contributed by atoms with E-state index in [4.69, 9.17) is 4.74 Å². The molecule has 0 aromatic carbocycles. The number of aryl methyl sites for hydroxylation is 1. The van der Waals surface area contributed by atoms with Gasteiger partial charge >= 0.3 is 0 Å². The summed E-state index contributed by atoms with van der Waals surface area (Å²) in [6.07, 6.45) is 2.47. The Bertz CT molecular complexity index is 865. The van der Waals surface area contributed by atoms with Crippen molar-refractivity contribution in [2.75, 3.05) is 60.5 Å². The van der Waals surface area contributed by atoms with Crippen LogP contribution in [-0.4, -0.2) is 91.6 Å². The monoisotopic (exact) mass is 429 g/mol. The maximum Gasteiger partial charge on any atom is 0.264 e. The zero-order valence-electron chi connectivity index (χ0n) is 19.6. The zero-order valence-corrected chi connectivity index (χ0v) is 19.6. The third kappa shape index (κ3) is 6.18. The Balaban J connectivity index is 2.15. The molecule has 1 aliphatic rings. The largest absolute Gasteiger partial charge is 0.383 e. The van der Waals surface area contributed by atoms with E-state index in [1.54, 1.807) is 37.1 Å². The van der Waals surface area contributed by atoms with Crippen molar-refractivity contribution in [3.05, 3.63) is 28.6 Å². The van der Waals surface area contributed by atoms with Crippen LogP contribution in [0.25, 0.3) is 6.08 Å². The lowest BCUT2D eigenvalue weighted by Gasteiger charge is -2.22. The van der Waals surface area contributed by atoms with Crippen LogP contribution in [0.2, 0.25) is 0 Å².